The second-order valence-corrected chi connectivity index (χ2v) is 8.47. The van der Waals surface area contributed by atoms with Crippen LogP contribution in [-0.2, 0) is 9.59 Å². The van der Waals surface area contributed by atoms with Gasteiger partial charge < -0.3 is 14.8 Å². The van der Waals surface area contributed by atoms with E-state index in [1.807, 2.05) is 0 Å². The molecule has 0 aliphatic heterocycles. The average Bonchev–Trinajstić information content (AvgIpc) is 2.83. The minimum absolute atomic E-state index is 0.142. The van der Waals surface area contributed by atoms with Crippen molar-refractivity contribution >= 4 is 64.5 Å². The molecule has 0 bridgehead atoms. The molecule has 0 aliphatic carbocycles. The highest BCUT2D eigenvalue weighted by Gasteiger charge is 2.17. The minimum Gasteiger partial charge on any atom is -0.490 e. The van der Waals surface area contributed by atoms with Gasteiger partial charge in [-0.25, -0.2) is 10.2 Å². The summed E-state index contributed by atoms with van der Waals surface area (Å²) in [4.78, 5) is 36.8. The van der Waals surface area contributed by atoms with Crippen LogP contribution < -0.4 is 20.2 Å². The fourth-order valence-electron chi connectivity index (χ4n) is 2.91. The van der Waals surface area contributed by atoms with Gasteiger partial charge in [0.2, 0.25) is 0 Å². The standard InChI is InChI=1S/C25H20Cl3N3O5/c1-3-35-22-11-15(7-10-21(22)36-25(34)17-9-8-16(26)12-19(17)28)13-29-31-24(33)23(32)30-20-6-4-5-18(27)14(20)2/h4-13H,3H2,1-2H3,(H,30,32)(H,31,33)/b29-13-. The Balaban J connectivity index is 1.66. The molecular weight excluding hydrogens is 529 g/mol. The van der Waals surface area contributed by atoms with Gasteiger partial charge in [-0.3, -0.25) is 9.59 Å². The molecule has 3 rings (SSSR count). The highest BCUT2D eigenvalue weighted by atomic mass is 35.5. The van der Waals surface area contributed by atoms with Crippen LogP contribution in [0.25, 0.3) is 0 Å². The van der Waals surface area contributed by atoms with Crippen molar-refractivity contribution < 1.29 is 23.9 Å². The first-order valence-electron chi connectivity index (χ1n) is 10.5. The molecule has 0 aliphatic rings. The summed E-state index contributed by atoms with van der Waals surface area (Å²) in [6.45, 7) is 3.78. The van der Waals surface area contributed by atoms with Crippen LogP contribution in [0.2, 0.25) is 15.1 Å². The topological polar surface area (TPSA) is 106 Å². The van der Waals surface area contributed by atoms with E-state index in [4.69, 9.17) is 44.3 Å². The maximum atomic E-state index is 12.5. The van der Waals surface area contributed by atoms with E-state index < -0.39 is 17.8 Å². The molecule has 2 N–H and O–H groups in total. The van der Waals surface area contributed by atoms with E-state index in [1.54, 1.807) is 44.2 Å². The number of hydrogen-bond acceptors (Lipinski definition) is 6. The van der Waals surface area contributed by atoms with Crippen LogP contribution in [0.3, 0.4) is 0 Å². The number of anilines is 1. The van der Waals surface area contributed by atoms with Gasteiger partial charge in [-0.2, -0.15) is 5.10 Å². The molecule has 3 aromatic carbocycles. The van der Waals surface area contributed by atoms with Gasteiger partial charge in [0.15, 0.2) is 11.5 Å². The molecule has 0 aromatic heterocycles. The number of esters is 1. The number of hydrazone groups is 1. The Bertz CT molecular complexity index is 1340. The summed E-state index contributed by atoms with van der Waals surface area (Å²) in [6, 6.07) is 14.0. The van der Waals surface area contributed by atoms with E-state index in [-0.39, 0.29) is 22.1 Å². The van der Waals surface area contributed by atoms with Gasteiger partial charge >= 0.3 is 17.8 Å². The molecule has 0 saturated carbocycles. The molecule has 0 radical (unpaired) electrons. The van der Waals surface area contributed by atoms with Gasteiger partial charge in [0, 0.05) is 15.7 Å². The number of rotatable bonds is 7. The zero-order valence-corrected chi connectivity index (χ0v) is 21.4. The summed E-state index contributed by atoms with van der Waals surface area (Å²) >= 11 is 18.0. The van der Waals surface area contributed by atoms with Gasteiger partial charge in [0.1, 0.15) is 0 Å². The first kappa shape index (κ1) is 27.0. The van der Waals surface area contributed by atoms with Gasteiger partial charge in [0.25, 0.3) is 0 Å². The molecule has 11 heteroatoms. The fourth-order valence-corrected chi connectivity index (χ4v) is 3.57. The Morgan fingerprint density at radius 1 is 0.944 bits per heavy atom. The molecule has 0 heterocycles. The van der Waals surface area contributed by atoms with Crippen LogP contribution >= 0.6 is 34.8 Å². The van der Waals surface area contributed by atoms with E-state index in [2.05, 4.69) is 15.8 Å². The third-order valence-corrected chi connectivity index (χ3v) is 5.68. The molecule has 36 heavy (non-hydrogen) atoms. The van der Waals surface area contributed by atoms with E-state index in [0.29, 0.717) is 33.5 Å². The number of nitrogens with zero attached hydrogens (tertiary/aromatic N) is 1. The van der Waals surface area contributed by atoms with Gasteiger partial charge in [-0.15, -0.1) is 0 Å². The molecule has 3 aromatic rings. The number of halogens is 3. The normalized spacial score (nSPS) is 10.7. The van der Waals surface area contributed by atoms with E-state index in [0.717, 1.165) is 0 Å². The van der Waals surface area contributed by atoms with Crippen molar-refractivity contribution in [2.24, 2.45) is 5.10 Å². The van der Waals surface area contributed by atoms with Crippen LogP contribution in [0, 0.1) is 6.92 Å². The van der Waals surface area contributed by atoms with Crippen LogP contribution in [0.4, 0.5) is 5.69 Å². The van der Waals surface area contributed by atoms with E-state index in [9.17, 15) is 14.4 Å². The van der Waals surface area contributed by atoms with Gasteiger partial charge in [-0.05, 0) is 73.5 Å². The highest BCUT2D eigenvalue weighted by molar-refractivity contribution is 6.40. The van der Waals surface area contributed by atoms with Crippen LogP contribution in [0.1, 0.15) is 28.4 Å². The van der Waals surface area contributed by atoms with Crippen LogP contribution in [-0.4, -0.2) is 30.6 Å². The Labute approximate surface area is 222 Å². The van der Waals surface area contributed by atoms with Crippen molar-refractivity contribution in [1.29, 1.82) is 0 Å². The van der Waals surface area contributed by atoms with E-state index >= 15 is 0 Å². The Morgan fingerprint density at radius 2 is 1.72 bits per heavy atom. The number of nitrogens with one attached hydrogen (secondary N) is 2. The van der Waals surface area contributed by atoms with Crippen LogP contribution in [0.5, 0.6) is 11.5 Å². The summed E-state index contributed by atoms with van der Waals surface area (Å²) in [7, 11) is 0. The number of carbonyl (C=O) groups is 3. The summed E-state index contributed by atoms with van der Waals surface area (Å²) in [6.07, 6.45) is 1.31. The number of hydrogen-bond donors (Lipinski definition) is 2. The largest absolute Gasteiger partial charge is 0.490 e. The smallest absolute Gasteiger partial charge is 0.345 e. The van der Waals surface area contributed by atoms with Crippen molar-refractivity contribution in [2.45, 2.75) is 13.8 Å². The summed E-state index contributed by atoms with van der Waals surface area (Å²) in [5, 5.41) is 7.28. The maximum absolute atomic E-state index is 12.5. The van der Waals surface area contributed by atoms with Crippen molar-refractivity contribution in [1.82, 2.24) is 5.43 Å². The molecule has 0 atom stereocenters. The molecule has 2 amide bonds. The molecular formula is C25H20Cl3N3O5. The summed E-state index contributed by atoms with van der Waals surface area (Å²) in [5.41, 5.74) is 3.85. The molecule has 0 fully saturated rings. The molecule has 0 saturated heterocycles. The molecule has 0 spiro atoms. The predicted octanol–water partition coefficient (Wildman–Crippen LogP) is 5.66. The molecule has 0 unspecified atom stereocenters. The average molecular weight is 549 g/mol. The van der Waals surface area contributed by atoms with Crippen LogP contribution in [0.15, 0.2) is 59.7 Å². The Morgan fingerprint density at radius 3 is 2.44 bits per heavy atom. The lowest BCUT2D eigenvalue weighted by Crippen LogP contribution is -2.32. The Hall–Kier alpha value is -3.59. The lowest BCUT2D eigenvalue weighted by Gasteiger charge is -2.12. The lowest BCUT2D eigenvalue weighted by molar-refractivity contribution is -0.136. The SMILES string of the molecule is CCOc1cc(/C=N\NC(=O)C(=O)Nc2cccc(Cl)c2C)ccc1OC(=O)c1ccc(Cl)cc1Cl. The second kappa shape index (κ2) is 12.4. The van der Waals surface area contributed by atoms with Crippen molar-refractivity contribution in [3.05, 3.63) is 86.4 Å². The van der Waals surface area contributed by atoms with Gasteiger partial charge in [-0.1, -0.05) is 40.9 Å². The second-order valence-electron chi connectivity index (χ2n) is 7.22. The number of benzene rings is 3. The lowest BCUT2D eigenvalue weighted by atomic mass is 10.2. The number of amides is 2. The highest BCUT2D eigenvalue weighted by Crippen LogP contribution is 2.30. The zero-order valence-electron chi connectivity index (χ0n) is 19.1. The Kier molecular flexibility index (Phi) is 9.30. The third kappa shape index (κ3) is 6.97. The predicted molar refractivity (Wildman–Crippen MR) is 140 cm³/mol. The van der Waals surface area contributed by atoms with Gasteiger partial charge in [0.05, 0.1) is 23.4 Å². The quantitative estimate of drug-likeness (QED) is 0.130. The third-order valence-electron chi connectivity index (χ3n) is 4.72. The number of ether oxygens (including phenoxy) is 2. The first-order valence-corrected chi connectivity index (χ1v) is 11.7. The number of carbonyl (C=O) groups excluding carboxylic acids is 3. The minimum atomic E-state index is -0.971. The maximum Gasteiger partial charge on any atom is 0.345 e. The monoisotopic (exact) mass is 547 g/mol. The molecule has 186 valence electrons. The van der Waals surface area contributed by atoms with Crippen molar-refractivity contribution in [2.75, 3.05) is 11.9 Å². The van der Waals surface area contributed by atoms with Crippen molar-refractivity contribution in [3.63, 3.8) is 0 Å². The zero-order chi connectivity index (χ0) is 26.2. The summed E-state index contributed by atoms with van der Waals surface area (Å²) in [5.74, 6) is -2.14. The summed E-state index contributed by atoms with van der Waals surface area (Å²) < 4.78 is 11.0. The first-order chi connectivity index (χ1) is 17.2. The van der Waals surface area contributed by atoms with E-state index in [1.165, 1.54) is 30.5 Å². The van der Waals surface area contributed by atoms with Crippen molar-refractivity contribution in [3.8, 4) is 11.5 Å². The fraction of sp³-hybridized carbons (Fsp3) is 0.120. The molecule has 8 nitrogen and oxygen atoms in total.